The molecule has 2 heterocycles. The Hall–Kier alpha value is -2.05. The summed E-state index contributed by atoms with van der Waals surface area (Å²) in [5.41, 5.74) is 3.27. The van der Waals surface area contributed by atoms with Crippen molar-refractivity contribution in [2.45, 2.75) is 5.75 Å². The van der Waals surface area contributed by atoms with Crippen molar-refractivity contribution in [1.29, 1.82) is 0 Å². The minimum Gasteiger partial charge on any atom is -0.273 e. The van der Waals surface area contributed by atoms with E-state index in [0.717, 1.165) is 15.8 Å². The Morgan fingerprint density at radius 1 is 1.00 bits per heavy atom. The lowest BCUT2D eigenvalue weighted by molar-refractivity contribution is 0.0664. The van der Waals surface area contributed by atoms with Crippen LogP contribution in [0.4, 0.5) is 5.69 Å². The average molecular weight is 354 g/mol. The van der Waals surface area contributed by atoms with Crippen molar-refractivity contribution in [2.24, 2.45) is 4.99 Å². The molecule has 0 N–H and O–H groups in total. The van der Waals surface area contributed by atoms with E-state index >= 15 is 0 Å². The lowest BCUT2D eigenvalue weighted by atomic mass is 10.1. The Kier molecular flexibility index (Phi) is 4.16. The number of nitrogens with zero attached hydrogens (tertiary/aromatic N) is 2. The molecular formula is C18H14N2O2S2. The van der Waals surface area contributed by atoms with Gasteiger partial charge in [-0.2, -0.15) is 0 Å². The number of benzene rings is 2. The Morgan fingerprint density at radius 2 is 1.67 bits per heavy atom. The number of aliphatic imine (C=N–C) groups is 1. The first-order valence-corrected chi connectivity index (χ1v) is 9.58. The monoisotopic (exact) mass is 354 g/mol. The molecular weight excluding hydrogens is 340 g/mol. The first-order chi connectivity index (χ1) is 11.7. The van der Waals surface area contributed by atoms with Gasteiger partial charge in [0, 0.05) is 18.1 Å². The van der Waals surface area contributed by atoms with E-state index < -0.39 is 0 Å². The molecule has 0 unspecified atom stereocenters. The third-order valence-electron chi connectivity index (χ3n) is 3.97. The maximum Gasteiger partial charge on any atom is 0.261 e. The summed E-state index contributed by atoms with van der Waals surface area (Å²) < 4.78 is 0.991. The van der Waals surface area contributed by atoms with Crippen molar-refractivity contribution >= 4 is 45.4 Å². The van der Waals surface area contributed by atoms with Crippen molar-refractivity contribution in [3.05, 3.63) is 65.2 Å². The summed E-state index contributed by atoms with van der Waals surface area (Å²) in [6.07, 6.45) is 0. The minimum absolute atomic E-state index is 0.195. The molecule has 2 amide bonds. The molecule has 4 nitrogen and oxygen atoms in total. The predicted octanol–water partition coefficient (Wildman–Crippen LogP) is 3.95. The third-order valence-corrected chi connectivity index (χ3v) is 6.20. The standard InChI is InChI=1S/C18H14N2O2S2/c21-16-13-6-2-3-7-14(13)17(22)20(16)9-10-23-18-19-15-8-4-1-5-12(15)11-24-18/h1-8H,9-11H2. The molecule has 0 aliphatic carbocycles. The lowest BCUT2D eigenvalue weighted by Crippen LogP contribution is -2.32. The molecule has 0 saturated carbocycles. The van der Waals surface area contributed by atoms with Gasteiger partial charge in [0.25, 0.3) is 11.8 Å². The summed E-state index contributed by atoms with van der Waals surface area (Å²) in [5.74, 6) is 1.17. The SMILES string of the molecule is O=C1c2ccccc2C(=O)N1CCSC1=Nc2ccccc2CS1. The number of hydrogen-bond acceptors (Lipinski definition) is 5. The second kappa shape index (κ2) is 6.45. The van der Waals surface area contributed by atoms with Crippen LogP contribution < -0.4 is 0 Å². The van der Waals surface area contributed by atoms with Gasteiger partial charge in [0.05, 0.1) is 16.8 Å². The van der Waals surface area contributed by atoms with Gasteiger partial charge >= 0.3 is 0 Å². The average Bonchev–Trinajstić information content (AvgIpc) is 2.87. The van der Waals surface area contributed by atoms with Gasteiger partial charge < -0.3 is 0 Å². The molecule has 0 aromatic heterocycles. The summed E-state index contributed by atoms with van der Waals surface area (Å²) in [4.78, 5) is 30.6. The summed E-state index contributed by atoms with van der Waals surface area (Å²) >= 11 is 3.30. The molecule has 2 aliphatic heterocycles. The Bertz CT molecular complexity index is 829. The molecule has 2 aliphatic rings. The number of fused-ring (bicyclic) bond motifs is 2. The molecule has 2 aromatic rings. The largest absolute Gasteiger partial charge is 0.273 e. The number of para-hydroxylation sites is 1. The van der Waals surface area contributed by atoms with Crippen LogP contribution in [0.5, 0.6) is 0 Å². The molecule has 0 saturated heterocycles. The van der Waals surface area contributed by atoms with Gasteiger partial charge in [-0.1, -0.05) is 53.9 Å². The summed E-state index contributed by atoms with van der Waals surface area (Å²) in [5, 5.41) is 0. The number of rotatable bonds is 3. The van der Waals surface area contributed by atoms with Gasteiger partial charge in [-0.3, -0.25) is 14.5 Å². The Balaban J connectivity index is 1.40. The van der Waals surface area contributed by atoms with E-state index in [1.165, 1.54) is 10.5 Å². The highest BCUT2D eigenvalue weighted by molar-refractivity contribution is 8.38. The normalized spacial score (nSPS) is 16.0. The highest BCUT2D eigenvalue weighted by atomic mass is 32.2. The fraction of sp³-hybridized carbons (Fsp3) is 0.167. The van der Waals surface area contributed by atoms with E-state index in [-0.39, 0.29) is 11.8 Å². The number of hydrogen-bond donors (Lipinski definition) is 0. The third kappa shape index (κ3) is 2.76. The van der Waals surface area contributed by atoms with Crippen LogP contribution in [0, 0.1) is 0 Å². The molecule has 24 heavy (non-hydrogen) atoms. The smallest absolute Gasteiger partial charge is 0.261 e. The summed E-state index contributed by atoms with van der Waals surface area (Å²) in [7, 11) is 0. The van der Waals surface area contributed by atoms with Crippen LogP contribution in [-0.2, 0) is 5.75 Å². The van der Waals surface area contributed by atoms with Crippen molar-refractivity contribution in [1.82, 2.24) is 4.90 Å². The van der Waals surface area contributed by atoms with Crippen LogP contribution >= 0.6 is 23.5 Å². The van der Waals surface area contributed by atoms with E-state index in [1.54, 1.807) is 47.8 Å². The minimum atomic E-state index is -0.195. The van der Waals surface area contributed by atoms with Gasteiger partial charge in [0.15, 0.2) is 0 Å². The second-order valence-electron chi connectivity index (χ2n) is 5.45. The van der Waals surface area contributed by atoms with Crippen molar-refractivity contribution in [3.8, 4) is 0 Å². The first-order valence-electron chi connectivity index (χ1n) is 7.61. The predicted molar refractivity (Wildman–Crippen MR) is 99.1 cm³/mol. The number of imide groups is 1. The maximum absolute atomic E-state index is 12.3. The molecule has 0 spiro atoms. The zero-order chi connectivity index (χ0) is 16.5. The number of carbonyl (C=O) groups is 2. The van der Waals surface area contributed by atoms with Crippen LogP contribution in [0.25, 0.3) is 0 Å². The molecule has 6 heteroatoms. The summed E-state index contributed by atoms with van der Waals surface area (Å²) in [6, 6.07) is 15.1. The van der Waals surface area contributed by atoms with Gasteiger partial charge in [0.1, 0.15) is 4.38 Å². The van der Waals surface area contributed by atoms with E-state index in [9.17, 15) is 9.59 Å². The maximum atomic E-state index is 12.3. The van der Waals surface area contributed by atoms with Crippen LogP contribution in [0.15, 0.2) is 53.5 Å². The quantitative estimate of drug-likeness (QED) is 0.783. The van der Waals surface area contributed by atoms with Gasteiger partial charge in [0.2, 0.25) is 0 Å². The van der Waals surface area contributed by atoms with Gasteiger partial charge in [-0.15, -0.1) is 0 Å². The van der Waals surface area contributed by atoms with E-state index in [0.29, 0.717) is 23.4 Å². The van der Waals surface area contributed by atoms with Crippen molar-refractivity contribution < 1.29 is 9.59 Å². The van der Waals surface area contributed by atoms with E-state index in [4.69, 9.17) is 0 Å². The fourth-order valence-electron chi connectivity index (χ4n) is 2.75. The lowest BCUT2D eigenvalue weighted by Gasteiger charge is -2.16. The zero-order valence-electron chi connectivity index (χ0n) is 12.8. The zero-order valence-corrected chi connectivity index (χ0v) is 14.4. The van der Waals surface area contributed by atoms with Crippen LogP contribution in [0.1, 0.15) is 26.3 Å². The van der Waals surface area contributed by atoms with E-state index in [2.05, 4.69) is 11.1 Å². The van der Waals surface area contributed by atoms with Crippen LogP contribution in [-0.4, -0.2) is 33.4 Å². The van der Waals surface area contributed by atoms with Gasteiger partial charge in [-0.05, 0) is 23.8 Å². The molecule has 0 atom stereocenters. The van der Waals surface area contributed by atoms with Crippen LogP contribution in [0.3, 0.4) is 0 Å². The molecule has 4 rings (SSSR count). The van der Waals surface area contributed by atoms with Crippen LogP contribution in [0.2, 0.25) is 0 Å². The number of carbonyl (C=O) groups excluding carboxylic acids is 2. The molecule has 2 aromatic carbocycles. The highest BCUT2D eigenvalue weighted by Crippen LogP contribution is 2.34. The highest BCUT2D eigenvalue weighted by Gasteiger charge is 2.34. The fourth-order valence-corrected chi connectivity index (χ4v) is 4.81. The van der Waals surface area contributed by atoms with Gasteiger partial charge in [-0.25, -0.2) is 4.99 Å². The Morgan fingerprint density at radius 3 is 2.42 bits per heavy atom. The second-order valence-corrected chi connectivity index (χ2v) is 7.76. The number of thioether (sulfide) groups is 2. The van der Waals surface area contributed by atoms with Crippen molar-refractivity contribution in [3.63, 3.8) is 0 Å². The Labute approximate surface area is 148 Å². The van der Waals surface area contributed by atoms with Crippen molar-refractivity contribution in [2.75, 3.05) is 12.3 Å². The molecule has 120 valence electrons. The number of amides is 2. The summed E-state index contributed by atoms with van der Waals surface area (Å²) in [6.45, 7) is 0.401. The first kappa shape index (κ1) is 15.5. The topological polar surface area (TPSA) is 49.7 Å². The molecule has 0 radical (unpaired) electrons. The van der Waals surface area contributed by atoms with E-state index in [1.807, 2.05) is 18.2 Å². The molecule has 0 bridgehead atoms. The molecule has 0 fully saturated rings.